The average Bonchev–Trinajstić information content (AvgIpc) is 3.08. The van der Waals surface area contributed by atoms with Crippen molar-refractivity contribution in [2.24, 2.45) is 0 Å². The van der Waals surface area contributed by atoms with Crippen LogP contribution in [0.25, 0.3) is 5.69 Å². The fourth-order valence-corrected chi connectivity index (χ4v) is 4.86. The maximum Gasteiger partial charge on any atom is 0.258 e. The first-order valence-electron chi connectivity index (χ1n) is 12.1. The standard InChI is InChI=1S/C30H29N3O2/c1-21-14-15-22(2)33(21)28-13-6-4-11-26(28)29(34)31-25-18-16-24(17-19-25)30(35)32-20-8-7-10-23-9-3-5-12-27(23)32/h3-6,9,11-19H,7-8,10,20H2,1-2H3,(H,31,34). The Morgan fingerprint density at radius 3 is 2.14 bits per heavy atom. The lowest BCUT2D eigenvalue weighted by atomic mass is 10.1. The zero-order valence-corrected chi connectivity index (χ0v) is 20.1. The van der Waals surface area contributed by atoms with E-state index in [9.17, 15) is 9.59 Å². The predicted molar refractivity (Wildman–Crippen MR) is 141 cm³/mol. The quantitative estimate of drug-likeness (QED) is 0.384. The fourth-order valence-electron chi connectivity index (χ4n) is 4.86. The zero-order valence-electron chi connectivity index (χ0n) is 20.1. The third-order valence-corrected chi connectivity index (χ3v) is 6.66. The second kappa shape index (κ2) is 9.63. The van der Waals surface area contributed by atoms with E-state index < -0.39 is 0 Å². The van der Waals surface area contributed by atoms with E-state index in [0.29, 0.717) is 23.4 Å². The molecule has 0 bridgehead atoms. The molecule has 0 atom stereocenters. The van der Waals surface area contributed by atoms with E-state index in [0.717, 1.165) is 42.0 Å². The van der Waals surface area contributed by atoms with Crippen molar-refractivity contribution in [1.82, 2.24) is 4.57 Å². The lowest BCUT2D eigenvalue weighted by Crippen LogP contribution is -2.31. The van der Waals surface area contributed by atoms with E-state index in [1.165, 1.54) is 5.56 Å². The van der Waals surface area contributed by atoms with Gasteiger partial charge in [0.2, 0.25) is 0 Å². The molecule has 1 aliphatic rings. The number of anilines is 2. The topological polar surface area (TPSA) is 54.3 Å². The van der Waals surface area contributed by atoms with Gasteiger partial charge in [0.15, 0.2) is 0 Å². The summed E-state index contributed by atoms with van der Waals surface area (Å²) >= 11 is 0. The number of rotatable bonds is 4. The van der Waals surface area contributed by atoms with Crippen LogP contribution in [0.15, 0.2) is 84.9 Å². The highest BCUT2D eigenvalue weighted by atomic mass is 16.2. The highest BCUT2D eigenvalue weighted by molar-refractivity contribution is 6.08. The van der Waals surface area contributed by atoms with Crippen molar-refractivity contribution < 1.29 is 9.59 Å². The number of hydrogen-bond donors (Lipinski definition) is 1. The summed E-state index contributed by atoms with van der Waals surface area (Å²) < 4.78 is 2.08. The Morgan fingerprint density at radius 2 is 1.40 bits per heavy atom. The molecule has 5 nitrogen and oxygen atoms in total. The minimum atomic E-state index is -0.186. The Morgan fingerprint density at radius 1 is 0.743 bits per heavy atom. The number of carbonyl (C=O) groups excluding carboxylic acids is 2. The zero-order chi connectivity index (χ0) is 24.4. The molecule has 2 amide bonds. The molecule has 5 rings (SSSR count). The highest BCUT2D eigenvalue weighted by Crippen LogP contribution is 2.28. The highest BCUT2D eigenvalue weighted by Gasteiger charge is 2.22. The van der Waals surface area contributed by atoms with Gasteiger partial charge in [-0.1, -0.05) is 30.3 Å². The van der Waals surface area contributed by atoms with Crippen LogP contribution in [0.1, 0.15) is 50.5 Å². The van der Waals surface area contributed by atoms with Gasteiger partial charge in [0.25, 0.3) is 11.8 Å². The largest absolute Gasteiger partial charge is 0.322 e. The number of amides is 2. The molecular weight excluding hydrogens is 434 g/mol. The van der Waals surface area contributed by atoms with Crippen molar-refractivity contribution in [3.8, 4) is 5.69 Å². The lowest BCUT2D eigenvalue weighted by Gasteiger charge is -2.23. The van der Waals surface area contributed by atoms with Gasteiger partial charge >= 0.3 is 0 Å². The van der Waals surface area contributed by atoms with Gasteiger partial charge in [-0.25, -0.2) is 0 Å². The van der Waals surface area contributed by atoms with Crippen LogP contribution in [0.3, 0.4) is 0 Å². The van der Waals surface area contributed by atoms with E-state index in [2.05, 4.69) is 16.0 Å². The van der Waals surface area contributed by atoms with Gasteiger partial charge < -0.3 is 14.8 Å². The third-order valence-electron chi connectivity index (χ3n) is 6.66. The number of aryl methyl sites for hydroxylation is 3. The first-order valence-corrected chi connectivity index (χ1v) is 12.1. The Labute approximate surface area is 206 Å². The van der Waals surface area contributed by atoms with Gasteiger partial charge in [-0.3, -0.25) is 9.59 Å². The van der Waals surface area contributed by atoms with Crippen LogP contribution in [0.5, 0.6) is 0 Å². The summed E-state index contributed by atoms with van der Waals surface area (Å²) in [7, 11) is 0. The van der Waals surface area contributed by atoms with E-state index in [-0.39, 0.29) is 11.8 Å². The SMILES string of the molecule is Cc1ccc(C)n1-c1ccccc1C(=O)Nc1ccc(C(=O)N2CCCCc3ccccc32)cc1. The summed E-state index contributed by atoms with van der Waals surface area (Å²) in [6, 6.07) is 27.0. The Kier molecular flexibility index (Phi) is 6.23. The first-order chi connectivity index (χ1) is 17.0. The maximum atomic E-state index is 13.3. The summed E-state index contributed by atoms with van der Waals surface area (Å²) in [5, 5.41) is 2.99. The number of nitrogens with one attached hydrogen (secondary N) is 1. The molecule has 0 saturated heterocycles. The number of fused-ring (bicyclic) bond motifs is 1. The van der Waals surface area contributed by atoms with E-state index >= 15 is 0 Å². The predicted octanol–water partition coefficient (Wildman–Crippen LogP) is 6.33. The van der Waals surface area contributed by atoms with Crippen LogP contribution in [0.4, 0.5) is 11.4 Å². The van der Waals surface area contributed by atoms with Gasteiger partial charge in [0, 0.05) is 34.9 Å². The summed E-state index contributed by atoms with van der Waals surface area (Å²) in [5.74, 6) is -0.199. The number of hydrogen-bond acceptors (Lipinski definition) is 2. The number of nitrogens with zero attached hydrogens (tertiary/aromatic N) is 2. The average molecular weight is 464 g/mol. The molecule has 1 N–H and O–H groups in total. The molecule has 35 heavy (non-hydrogen) atoms. The molecule has 0 aliphatic carbocycles. The lowest BCUT2D eigenvalue weighted by molar-refractivity contribution is 0.0985. The Bertz CT molecular complexity index is 1370. The monoisotopic (exact) mass is 463 g/mol. The molecule has 0 radical (unpaired) electrons. The first kappa shape index (κ1) is 22.7. The second-order valence-electron chi connectivity index (χ2n) is 9.04. The summed E-state index contributed by atoms with van der Waals surface area (Å²) in [4.78, 5) is 28.4. The number of benzene rings is 3. The minimum Gasteiger partial charge on any atom is -0.322 e. The van der Waals surface area contributed by atoms with Gasteiger partial charge in [-0.05, 0) is 93.3 Å². The molecule has 1 aromatic heterocycles. The van der Waals surface area contributed by atoms with Crippen molar-refractivity contribution >= 4 is 23.2 Å². The van der Waals surface area contributed by atoms with Gasteiger partial charge in [-0.15, -0.1) is 0 Å². The van der Waals surface area contributed by atoms with Crippen LogP contribution in [0, 0.1) is 13.8 Å². The van der Waals surface area contributed by atoms with Gasteiger partial charge in [0.1, 0.15) is 0 Å². The second-order valence-corrected chi connectivity index (χ2v) is 9.04. The molecule has 0 saturated carbocycles. The fraction of sp³-hybridized carbons (Fsp3) is 0.200. The van der Waals surface area contributed by atoms with E-state index in [1.54, 1.807) is 24.3 Å². The van der Waals surface area contributed by atoms with Crippen LogP contribution >= 0.6 is 0 Å². The molecule has 5 heteroatoms. The molecule has 3 aromatic carbocycles. The molecule has 2 heterocycles. The van der Waals surface area contributed by atoms with Crippen LogP contribution < -0.4 is 10.2 Å². The smallest absolute Gasteiger partial charge is 0.258 e. The molecule has 4 aromatic rings. The van der Waals surface area contributed by atoms with Crippen molar-refractivity contribution in [2.45, 2.75) is 33.1 Å². The molecule has 0 spiro atoms. The normalized spacial score (nSPS) is 13.1. The number of para-hydroxylation sites is 2. The maximum absolute atomic E-state index is 13.3. The number of carbonyl (C=O) groups is 2. The number of aromatic nitrogens is 1. The molecule has 0 unspecified atom stereocenters. The van der Waals surface area contributed by atoms with E-state index in [1.807, 2.05) is 73.3 Å². The van der Waals surface area contributed by atoms with Crippen LogP contribution in [0.2, 0.25) is 0 Å². The third kappa shape index (κ3) is 4.50. The molecule has 0 fully saturated rings. The Hall–Kier alpha value is -4.12. The molecular formula is C30H29N3O2. The van der Waals surface area contributed by atoms with Crippen molar-refractivity contribution in [3.63, 3.8) is 0 Å². The summed E-state index contributed by atoms with van der Waals surface area (Å²) in [6.45, 7) is 4.77. The minimum absolute atomic E-state index is 0.0128. The van der Waals surface area contributed by atoms with Gasteiger partial charge in [-0.2, -0.15) is 0 Å². The van der Waals surface area contributed by atoms with Crippen molar-refractivity contribution in [1.29, 1.82) is 0 Å². The summed E-state index contributed by atoms with van der Waals surface area (Å²) in [6.07, 6.45) is 3.05. The van der Waals surface area contributed by atoms with Crippen molar-refractivity contribution in [3.05, 3.63) is 113 Å². The summed E-state index contributed by atoms with van der Waals surface area (Å²) in [5.41, 5.74) is 7.06. The van der Waals surface area contributed by atoms with Crippen molar-refractivity contribution in [2.75, 3.05) is 16.8 Å². The van der Waals surface area contributed by atoms with Crippen LogP contribution in [-0.2, 0) is 6.42 Å². The molecule has 1 aliphatic heterocycles. The van der Waals surface area contributed by atoms with Crippen LogP contribution in [-0.4, -0.2) is 22.9 Å². The molecule has 176 valence electrons. The van der Waals surface area contributed by atoms with Gasteiger partial charge in [0.05, 0.1) is 11.3 Å². The van der Waals surface area contributed by atoms with E-state index in [4.69, 9.17) is 0 Å². The Balaban J connectivity index is 1.36.